The number of benzene rings is 2. The molecule has 2 atom stereocenters. The highest BCUT2D eigenvalue weighted by molar-refractivity contribution is 5.84. The summed E-state index contributed by atoms with van der Waals surface area (Å²) in [5.74, 6) is 1.86. The number of aryl methyl sites for hydroxylation is 2. The van der Waals surface area contributed by atoms with Gasteiger partial charge in [0.1, 0.15) is 11.4 Å². The molecule has 2 aromatic carbocycles. The minimum Gasteiger partial charge on any atom is -0.507 e. The summed E-state index contributed by atoms with van der Waals surface area (Å²) in [6.07, 6.45) is 12.5. The van der Waals surface area contributed by atoms with E-state index in [-0.39, 0.29) is 0 Å². The number of aromatic hydroxyl groups is 1. The first-order valence-electron chi connectivity index (χ1n) is 14.1. The van der Waals surface area contributed by atoms with Crippen molar-refractivity contribution in [3.63, 3.8) is 0 Å². The number of aromatic nitrogens is 3. The van der Waals surface area contributed by atoms with E-state index in [0.717, 1.165) is 81.6 Å². The van der Waals surface area contributed by atoms with Crippen molar-refractivity contribution in [2.24, 2.45) is 0 Å². The van der Waals surface area contributed by atoms with Crippen LogP contribution in [0.5, 0.6) is 5.75 Å². The van der Waals surface area contributed by atoms with Crippen molar-refractivity contribution in [3.8, 4) is 39.4 Å². The molecule has 3 aliphatic rings. The van der Waals surface area contributed by atoms with Gasteiger partial charge in [-0.15, -0.1) is 0 Å². The van der Waals surface area contributed by atoms with Crippen molar-refractivity contribution >= 4 is 5.65 Å². The highest BCUT2D eigenvalue weighted by atomic mass is 16.3. The highest BCUT2D eigenvalue weighted by Crippen LogP contribution is 2.53. The van der Waals surface area contributed by atoms with Gasteiger partial charge in [-0.3, -0.25) is 4.98 Å². The van der Waals surface area contributed by atoms with Crippen LogP contribution in [0.15, 0.2) is 67.0 Å². The smallest absolute Gasteiger partial charge is 0.145 e. The molecule has 0 radical (unpaired) electrons. The fraction of sp³-hybridized carbons (Fsp3) is 0.294. The molecule has 0 spiro atoms. The first-order valence-corrected chi connectivity index (χ1v) is 14.1. The normalized spacial score (nSPS) is 19.6. The summed E-state index contributed by atoms with van der Waals surface area (Å²) in [5.41, 5.74) is 13.5. The van der Waals surface area contributed by atoms with E-state index in [9.17, 15) is 5.11 Å². The summed E-state index contributed by atoms with van der Waals surface area (Å²) < 4.78 is 2.15. The molecule has 0 aliphatic heterocycles. The van der Waals surface area contributed by atoms with Crippen molar-refractivity contribution < 1.29 is 5.11 Å². The number of fused-ring (bicyclic) bond motifs is 7. The van der Waals surface area contributed by atoms with Gasteiger partial charge < -0.3 is 9.51 Å². The maximum atomic E-state index is 11.2. The van der Waals surface area contributed by atoms with Crippen molar-refractivity contribution in [3.05, 3.63) is 94.9 Å². The van der Waals surface area contributed by atoms with Crippen LogP contribution in [0.25, 0.3) is 39.3 Å². The van der Waals surface area contributed by atoms with E-state index in [2.05, 4.69) is 78.3 Å². The average molecular weight is 498 g/mol. The molecule has 4 heteroatoms. The third kappa shape index (κ3) is 3.22. The first-order chi connectivity index (χ1) is 18.7. The zero-order valence-electron chi connectivity index (χ0n) is 21.7. The number of pyridine rings is 2. The molecule has 0 saturated heterocycles. The van der Waals surface area contributed by atoms with Gasteiger partial charge in [0.15, 0.2) is 0 Å². The molecule has 1 saturated carbocycles. The quantitative estimate of drug-likeness (QED) is 0.275. The predicted octanol–water partition coefficient (Wildman–Crippen LogP) is 7.99. The van der Waals surface area contributed by atoms with Crippen LogP contribution in [0.2, 0.25) is 0 Å². The molecular formula is C34H31N3O. The Hall–Kier alpha value is -3.92. The maximum Gasteiger partial charge on any atom is 0.145 e. The van der Waals surface area contributed by atoms with Crippen LogP contribution >= 0.6 is 0 Å². The Kier molecular flexibility index (Phi) is 4.82. The average Bonchev–Trinajstić information content (AvgIpc) is 3.68. The number of rotatable bonds is 3. The topological polar surface area (TPSA) is 50.4 Å². The molecule has 1 fully saturated rings. The third-order valence-corrected chi connectivity index (χ3v) is 9.40. The molecule has 38 heavy (non-hydrogen) atoms. The summed E-state index contributed by atoms with van der Waals surface area (Å²) in [5, 5.41) is 11.2. The summed E-state index contributed by atoms with van der Waals surface area (Å²) in [7, 11) is 0. The lowest BCUT2D eigenvalue weighted by molar-refractivity contribution is 0.464. The van der Waals surface area contributed by atoms with Crippen LogP contribution in [0.4, 0.5) is 0 Å². The number of nitrogens with zero attached hydrogens (tertiary/aromatic N) is 3. The van der Waals surface area contributed by atoms with Crippen molar-refractivity contribution in [1.29, 1.82) is 0 Å². The summed E-state index contributed by atoms with van der Waals surface area (Å²) in [6.45, 7) is 2.09. The van der Waals surface area contributed by atoms with E-state index in [1.807, 2.05) is 0 Å². The zero-order chi connectivity index (χ0) is 25.4. The van der Waals surface area contributed by atoms with Crippen molar-refractivity contribution in [2.45, 2.75) is 63.7 Å². The molecule has 188 valence electrons. The van der Waals surface area contributed by atoms with Gasteiger partial charge in [0.05, 0.1) is 11.4 Å². The lowest BCUT2D eigenvalue weighted by Crippen LogP contribution is -2.03. The Labute approximate surface area is 223 Å². The van der Waals surface area contributed by atoms with Gasteiger partial charge in [0.25, 0.3) is 0 Å². The van der Waals surface area contributed by atoms with Crippen LogP contribution in [0.3, 0.4) is 0 Å². The third-order valence-electron chi connectivity index (χ3n) is 9.40. The van der Waals surface area contributed by atoms with Gasteiger partial charge in [0.2, 0.25) is 0 Å². The molecule has 5 aromatic rings. The number of hydrogen-bond donors (Lipinski definition) is 1. The number of imidazole rings is 1. The lowest BCUT2D eigenvalue weighted by Gasteiger charge is -2.18. The Bertz CT molecular complexity index is 1750. The standard InChI is InChI=1S/C34H31N3O/c1-20-32(28-14-13-21-6-2-3-9-26(21)33(28)38)36-34-27(10-5-15-37(20)34)22-7-4-8-25(17-22)31-18-29-23-11-12-24(16-23)30(29)19-35-31/h4-5,7-8,10,13-15,17-19,23-24,38H,2-3,6,9,11-12,16H2,1H3. The van der Waals surface area contributed by atoms with Crippen molar-refractivity contribution in [2.75, 3.05) is 0 Å². The molecule has 4 nitrogen and oxygen atoms in total. The van der Waals surface area contributed by atoms with E-state index < -0.39 is 0 Å². The minimum absolute atomic E-state index is 0.411. The van der Waals surface area contributed by atoms with Crippen LogP contribution in [-0.4, -0.2) is 19.5 Å². The van der Waals surface area contributed by atoms with Crippen LogP contribution < -0.4 is 0 Å². The van der Waals surface area contributed by atoms with Gasteiger partial charge in [-0.25, -0.2) is 4.98 Å². The number of phenols is 1. The van der Waals surface area contributed by atoms with E-state index in [4.69, 9.17) is 9.97 Å². The van der Waals surface area contributed by atoms with Gasteiger partial charge in [0, 0.05) is 34.8 Å². The molecule has 8 rings (SSSR count). The fourth-order valence-electron chi connectivity index (χ4n) is 7.39. The lowest BCUT2D eigenvalue weighted by atomic mass is 9.88. The van der Waals surface area contributed by atoms with Crippen LogP contribution in [0, 0.1) is 6.92 Å². The second-order valence-corrected chi connectivity index (χ2v) is 11.5. The second-order valence-electron chi connectivity index (χ2n) is 11.5. The first kappa shape index (κ1) is 22.1. The van der Waals surface area contributed by atoms with Crippen molar-refractivity contribution in [1.82, 2.24) is 14.4 Å². The van der Waals surface area contributed by atoms with E-state index >= 15 is 0 Å². The largest absolute Gasteiger partial charge is 0.507 e. The Morgan fingerprint density at radius 2 is 1.71 bits per heavy atom. The molecule has 3 heterocycles. The van der Waals surface area contributed by atoms with E-state index in [1.165, 1.54) is 42.4 Å². The summed E-state index contributed by atoms with van der Waals surface area (Å²) >= 11 is 0. The zero-order valence-corrected chi connectivity index (χ0v) is 21.7. The van der Waals surface area contributed by atoms with E-state index in [1.54, 1.807) is 0 Å². The Morgan fingerprint density at radius 3 is 2.63 bits per heavy atom. The second kappa shape index (κ2) is 8.29. The fourth-order valence-corrected chi connectivity index (χ4v) is 7.39. The molecule has 2 bridgehead atoms. The minimum atomic E-state index is 0.411. The Balaban J connectivity index is 1.23. The van der Waals surface area contributed by atoms with Gasteiger partial charge >= 0.3 is 0 Å². The number of hydrogen-bond acceptors (Lipinski definition) is 3. The SMILES string of the molecule is Cc1c(-c2ccc3c(c2O)CCCC3)nc2c(-c3cccc(-c4cc5c(cn4)C4CCC5C4)c3)cccn12. The van der Waals surface area contributed by atoms with E-state index in [0.29, 0.717) is 5.75 Å². The maximum absolute atomic E-state index is 11.2. The van der Waals surface area contributed by atoms with Gasteiger partial charge in [-0.1, -0.05) is 24.3 Å². The predicted molar refractivity (Wildman–Crippen MR) is 152 cm³/mol. The molecular weight excluding hydrogens is 466 g/mol. The van der Waals surface area contributed by atoms with Crippen LogP contribution in [-0.2, 0) is 12.8 Å². The number of phenolic OH excluding ortho intramolecular Hbond substituents is 1. The van der Waals surface area contributed by atoms with Gasteiger partial charge in [-0.2, -0.15) is 0 Å². The molecule has 0 amide bonds. The summed E-state index contributed by atoms with van der Waals surface area (Å²) in [6, 6.07) is 19.5. The summed E-state index contributed by atoms with van der Waals surface area (Å²) in [4.78, 5) is 10.0. The van der Waals surface area contributed by atoms with Crippen LogP contribution in [0.1, 0.15) is 71.9 Å². The molecule has 3 aromatic heterocycles. The molecule has 3 aliphatic carbocycles. The van der Waals surface area contributed by atoms with Gasteiger partial charge in [-0.05, 0) is 122 Å². The molecule has 1 N–H and O–H groups in total. The Morgan fingerprint density at radius 1 is 0.868 bits per heavy atom. The highest BCUT2D eigenvalue weighted by Gasteiger charge is 2.37. The monoisotopic (exact) mass is 497 g/mol. The molecule has 2 unspecified atom stereocenters.